The van der Waals surface area contributed by atoms with E-state index in [1.165, 1.54) is 0 Å². The molecule has 0 bridgehead atoms. The number of nitrogens with two attached hydrogens (primary N) is 1. The Morgan fingerprint density at radius 3 is 2.30 bits per heavy atom. The van der Waals surface area contributed by atoms with Crippen molar-refractivity contribution in [3.63, 3.8) is 0 Å². The van der Waals surface area contributed by atoms with E-state index in [1.54, 1.807) is 19.5 Å². The lowest BCUT2D eigenvalue weighted by Crippen LogP contribution is -2.46. The fourth-order valence-electron chi connectivity index (χ4n) is 4.72. The number of nitrogen functional groups attached to an aromatic ring is 1. The minimum absolute atomic E-state index is 0.103. The smallest absolute Gasteiger partial charge is 0.225 e. The Bertz CT molecular complexity index is 946. The van der Waals surface area contributed by atoms with Gasteiger partial charge in [-0.15, -0.1) is 0 Å². The first-order valence-electron chi connectivity index (χ1n) is 11.6. The molecule has 9 heteroatoms. The molecule has 0 spiro atoms. The second-order valence-electron chi connectivity index (χ2n) is 8.98. The Kier molecular flexibility index (Phi) is 7.49. The Labute approximate surface area is 195 Å². The van der Waals surface area contributed by atoms with Crippen molar-refractivity contribution in [3.8, 4) is 0 Å². The van der Waals surface area contributed by atoms with Crippen LogP contribution in [-0.4, -0.2) is 69.7 Å². The van der Waals surface area contributed by atoms with E-state index in [9.17, 15) is 4.79 Å². The maximum Gasteiger partial charge on any atom is 0.225 e. The zero-order valence-electron chi connectivity index (χ0n) is 19.5. The summed E-state index contributed by atoms with van der Waals surface area (Å²) in [4.78, 5) is 35.3. The van der Waals surface area contributed by atoms with Gasteiger partial charge in [-0.25, -0.2) is 9.97 Å². The van der Waals surface area contributed by atoms with E-state index in [0.29, 0.717) is 11.9 Å². The fourth-order valence-corrected chi connectivity index (χ4v) is 4.72. The lowest BCUT2D eigenvalue weighted by atomic mass is 9.88. The number of rotatable bonds is 6. The lowest BCUT2D eigenvalue weighted by Gasteiger charge is -2.37. The van der Waals surface area contributed by atoms with Crippen LogP contribution in [0.2, 0.25) is 0 Å². The molecule has 2 aliphatic rings. The third-order valence-corrected chi connectivity index (χ3v) is 6.63. The Hall–Kier alpha value is -3.07. The molecule has 1 amide bonds. The summed E-state index contributed by atoms with van der Waals surface area (Å²) in [5.41, 5.74) is 9.46. The zero-order chi connectivity index (χ0) is 23.2. The molecular formula is C24H33N7O2. The van der Waals surface area contributed by atoms with Gasteiger partial charge in [-0.05, 0) is 57.3 Å². The number of carbonyl (C=O) groups is 1. The van der Waals surface area contributed by atoms with Crippen LogP contribution in [0.5, 0.6) is 0 Å². The standard InChI is InChI=1S/C24H33N7O2/c1-17-3-4-21(26-13-17)22(29-33-2)19-7-11-31(12-8-19)23(32)20-5-9-30(10-6-20)16-18-14-27-24(25)28-15-18/h3-4,13-15,19-20H,5-12,16H2,1-2H3,(H2,25,27,28)/b29-22-. The second kappa shape index (κ2) is 10.7. The summed E-state index contributed by atoms with van der Waals surface area (Å²) in [7, 11) is 1.57. The fraction of sp³-hybridized carbons (Fsp3) is 0.542. The summed E-state index contributed by atoms with van der Waals surface area (Å²) in [5, 5.41) is 4.28. The van der Waals surface area contributed by atoms with Crippen molar-refractivity contribution in [2.45, 2.75) is 39.2 Å². The maximum absolute atomic E-state index is 13.2. The lowest BCUT2D eigenvalue weighted by molar-refractivity contribution is -0.138. The normalized spacial score (nSPS) is 19.0. The van der Waals surface area contributed by atoms with E-state index in [4.69, 9.17) is 10.6 Å². The van der Waals surface area contributed by atoms with Crippen molar-refractivity contribution in [2.75, 3.05) is 39.0 Å². The number of nitrogens with zero attached hydrogens (tertiary/aromatic N) is 6. The molecule has 0 aromatic carbocycles. The maximum atomic E-state index is 13.2. The number of piperidine rings is 2. The summed E-state index contributed by atoms with van der Waals surface area (Å²) in [6.07, 6.45) is 8.93. The van der Waals surface area contributed by atoms with Crippen LogP contribution >= 0.6 is 0 Å². The minimum atomic E-state index is 0.103. The third kappa shape index (κ3) is 5.84. The van der Waals surface area contributed by atoms with Gasteiger partial charge in [0, 0.05) is 55.6 Å². The van der Waals surface area contributed by atoms with E-state index in [0.717, 1.165) is 80.9 Å². The van der Waals surface area contributed by atoms with Gasteiger partial charge in [-0.2, -0.15) is 0 Å². The van der Waals surface area contributed by atoms with Gasteiger partial charge in [0.2, 0.25) is 11.9 Å². The molecule has 176 valence electrons. The Morgan fingerprint density at radius 2 is 1.70 bits per heavy atom. The first-order chi connectivity index (χ1) is 16.0. The van der Waals surface area contributed by atoms with Crippen molar-refractivity contribution in [3.05, 3.63) is 47.5 Å². The van der Waals surface area contributed by atoms with Crippen LogP contribution in [0.15, 0.2) is 35.9 Å². The van der Waals surface area contributed by atoms with Crippen molar-refractivity contribution < 1.29 is 9.63 Å². The van der Waals surface area contributed by atoms with Crippen LogP contribution in [0.3, 0.4) is 0 Å². The van der Waals surface area contributed by atoms with Crippen molar-refractivity contribution >= 4 is 17.6 Å². The predicted octanol–water partition coefficient (Wildman–Crippen LogP) is 2.26. The van der Waals surface area contributed by atoms with Gasteiger partial charge in [0.1, 0.15) is 12.8 Å². The molecule has 2 fully saturated rings. The van der Waals surface area contributed by atoms with Gasteiger partial charge in [-0.3, -0.25) is 14.7 Å². The number of likely N-dealkylation sites (tertiary alicyclic amines) is 2. The molecule has 4 rings (SSSR count). The summed E-state index contributed by atoms with van der Waals surface area (Å²) in [5.74, 6) is 0.935. The second-order valence-corrected chi connectivity index (χ2v) is 8.98. The van der Waals surface area contributed by atoms with Crippen LogP contribution < -0.4 is 5.73 Å². The van der Waals surface area contributed by atoms with Crippen LogP contribution in [0.4, 0.5) is 5.95 Å². The van der Waals surface area contributed by atoms with Gasteiger partial charge in [0.15, 0.2) is 0 Å². The molecule has 9 nitrogen and oxygen atoms in total. The summed E-state index contributed by atoms with van der Waals surface area (Å²) >= 11 is 0. The van der Waals surface area contributed by atoms with E-state index in [2.05, 4.69) is 25.0 Å². The SMILES string of the molecule is CO/N=C(\c1ccc(C)cn1)C1CCN(C(=O)C2CCN(Cc3cnc(N)nc3)CC2)CC1. The van der Waals surface area contributed by atoms with E-state index >= 15 is 0 Å². The predicted molar refractivity (Wildman–Crippen MR) is 126 cm³/mol. The summed E-state index contributed by atoms with van der Waals surface area (Å²) in [6.45, 7) is 6.12. The van der Waals surface area contributed by atoms with Crippen LogP contribution in [0.25, 0.3) is 0 Å². The van der Waals surface area contributed by atoms with E-state index < -0.39 is 0 Å². The number of hydrogen-bond acceptors (Lipinski definition) is 8. The van der Waals surface area contributed by atoms with Gasteiger partial charge in [0.25, 0.3) is 0 Å². The quantitative estimate of drug-likeness (QED) is 0.530. The number of carbonyl (C=O) groups excluding carboxylic acids is 1. The first kappa shape index (κ1) is 23.1. The van der Waals surface area contributed by atoms with E-state index in [1.807, 2.05) is 30.2 Å². The van der Waals surface area contributed by atoms with Crippen molar-refractivity contribution in [1.82, 2.24) is 24.8 Å². The molecule has 0 saturated carbocycles. The molecule has 2 N–H and O–H groups in total. The van der Waals surface area contributed by atoms with Crippen LogP contribution in [-0.2, 0) is 16.2 Å². The highest BCUT2D eigenvalue weighted by Crippen LogP contribution is 2.26. The number of oxime groups is 1. The molecular weight excluding hydrogens is 418 g/mol. The van der Waals surface area contributed by atoms with Crippen molar-refractivity contribution in [2.24, 2.45) is 17.0 Å². The van der Waals surface area contributed by atoms with Crippen LogP contribution in [0, 0.1) is 18.8 Å². The third-order valence-electron chi connectivity index (χ3n) is 6.63. The monoisotopic (exact) mass is 451 g/mol. The van der Waals surface area contributed by atoms with Gasteiger partial charge in [-0.1, -0.05) is 11.2 Å². The molecule has 2 aromatic rings. The summed E-state index contributed by atoms with van der Waals surface area (Å²) in [6, 6.07) is 4.04. The minimum Gasteiger partial charge on any atom is -0.399 e. The van der Waals surface area contributed by atoms with Gasteiger partial charge >= 0.3 is 0 Å². The molecule has 0 radical (unpaired) electrons. The van der Waals surface area contributed by atoms with Gasteiger partial charge in [0.05, 0.1) is 5.69 Å². The Balaban J connectivity index is 1.27. The number of pyridine rings is 1. The molecule has 0 unspecified atom stereocenters. The number of hydrogen-bond donors (Lipinski definition) is 1. The molecule has 33 heavy (non-hydrogen) atoms. The van der Waals surface area contributed by atoms with Crippen LogP contribution in [0.1, 0.15) is 42.5 Å². The number of aromatic nitrogens is 3. The van der Waals surface area contributed by atoms with Gasteiger partial charge < -0.3 is 15.5 Å². The average Bonchev–Trinajstić information content (AvgIpc) is 2.85. The topological polar surface area (TPSA) is 110 Å². The Morgan fingerprint density at radius 1 is 1.03 bits per heavy atom. The molecule has 2 aromatic heterocycles. The molecule has 2 aliphatic heterocycles. The number of amides is 1. The number of aryl methyl sites for hydroxylation is 1. The van der Waals surface area contributed by atoms with Crippen molar-refractivity contribution in [1.29, 1.82) is 0 Å². The highest BCUT2D eigenvalue weighted by molar-refractivity contribution is 6.00. The first-order valence-corrected chi connectivity index (χ1v) is 11.6. The highest BCUT2D eigenvalue weighted by Gasteiger charge is 2.32. The summed E-state index contributed by atoms with van der Waals surface area (Å²) < 4.78 is 0. The zero-order valence-corrected chi connectivity index (χ0v) is 19.5. The molecule has 2 saturated heterocycles. The average molecular weight is 452 g/mol. The molecule has 4 heterocycles. The largest absolute Gasteiger partial charge is 0.399 e. The molecule has 0 aliphatic carbocycles. The number of anilines is 1. The van der Waals surface area contributed by atoms with E-state index in [-0.39, 0.29) is 11.8 Å². The highest BCUT2D eigenvalue weighted by atomic mass is 16.6. The molecule has 0 atom stereocenters.